The van der Waals surface area contributed by atoms with Crippen LogP contribution in [0.3, 0.4) is 0 Å². The molecule has 0 radical (unpaired) electrons. The van der Waals surface area contributed by atoms with Crippen LogP contribution in [0.2, 0.25) is 0 Å². The van der Waals surface area contributed by atoms with Gasteiger partial charge in [0.25, 0.3) is 0 Å². The summed E-state index contributed by atoms with van der Waals surface area (Å²) in [5.74, 6) is -0.0441. The standard InChI is InChI=1S/C9H18N2O2/c1-9(4-3-5-11-9)7-10-8(12)6-13-2/h11H,3-7H2,1-2H3,(H,10,12). The number of carbonyl (C=O) groups is 1. The molecule has 1 fully saturated rings. The van der Waals surface area contributed by atoms with Gasteiger partial charge in [0.1, 0.15) is 6.61 Å². The zero-order valence-corrected chi connectivity index (χ0v) is 8.35. The molecule has 1 atom stereocenters. The highest BCUT2D eigenvalue weighted by molar-refractivity contribution is 5.77. The minimum atomic E-state index is -0.0441. The first-order chi connectivity index (χ1) is 6.16. The van der Waals surface area contributed by atoms with E-state index < -0.39 is 0 Å². The van der Waals surface area contributed by atoms with Gasteiger partial charge < -0.3 is 15.4 Å². The molecule has 4 nitrogen and oxygen atoms in total. The van der Waals surface area contributed by atoms with Crippen molar-refractivity contribution < 1.29 is 9.53 Å². The number of methoxy groups -OCH3 is 1. The van der Waals surface area contributed by atoms with E-state index in [1.165, 1.54) is 13.5 Å². The largest absolute Gasteiger partial charge is 0.375 e. The summed E-state index contributed by atoms with van der Waals surface area (Å²) < 4.78 is 4.72. The lowest BCUT2D eigenvalue weighted by Crippen LogP contribution is -2.47. The average molecular weight is 186 g/mol. The molecule has 0 aromatic carbocycles. The maximum Gasteiger partial charge on any atom is 0.246 e. The van der Waals surface area contributed by atoms with E-state index >= 15 is 0 Å². The van der Waals surface area contributed by atoms with Gasteiger partial charge in [-0.05, 0) is 26.3 Å². The summed E-state index contributed by atoms with van der Waals surface area (Å²) in [6.07, 6.45) is 2.32. The highest BCUT2D eigenvalue weighted by atomic mass is 16.5. The molecule has 1 saturated heterocycles. The van der Waals surface area contributed by atoms with Crippen LogP contribution < -0.4 is 10.6 Å². The predicted molar refractivity (Wildman–Crippen MR) is 50.5 cm³/mol. The molecule has 1 rings (SSSR count). The Bertz CT molecular complexity index is 176. The molecular formula is C9H18N2O2. The van der Waals surface area contributed by atoms with Crippen molar-refractivity contribution in [3.63, 3.8) is 0 Å². The second-order valence-electron chi connectivity index (χ2n) is 3.80. The molecule has 0 aromatic heterocycles. The first-order valence-electron chi connectivity index (χ1n) is 4.67. The minimum Gasteiger partial charge on any atom is -0.375 e. The molecule has 0 aromatic rings. The van der Waals surface area contributed by atoms with Crippen LogP contribution >= 0.6 is 0 Å². The molecular weight excluding hydrogens is 168 g/mol. The van der Waals surface area contributed by atoms with Crippen LogP contribution in [-0.2, 0) is 9.53 Å². The van der Waals surface area contributed by atoms with E-state index in [4.69, 9.17) is 4.74 Å². The Hall–Kier alpha value is -0.610. The molecule has 76 valence electrons. The van der Waals surface area contributed by atoms with E-state index in [0.29, 0.717) is 6.54 Å². The second-order valence-corrected chi connectivity index (χ2v) is 3.80. The fourth-order valence-electron chi connectivity index (χ4n) is 1.58. The minimum absolute atomic E-state index is 0.0441. The van der Waals surface area contributed by atoms with Crippen molar-refractivity contribution in [3.05, 3.63) is 0 Å². The number of rotatable bonds is 4. The van der Waals surface area contributed by atoms with Gasteiger partial charge in [-0.15, -0.1) is 0 Å². The number of nitrogens with one attached hydrogen (secondary N) is 2. The van der Waals surface area contributed by atoms with Gasteiger partial charge in [-0.1, -0.05) is 0 Å². The molecule has 13 heavy (non-hydrogen) atoms. The maximum atomic E-state index is 11.1. The van der Waals surface area contributed by atoms with E-state index in [9.17, 15) is 4.79 Å². The van der Waals surface area contributed by atoms with Crippen LogP contribution in [0.1, 0.15) is 19.8 Å². The van der Waals surface area contributed by atoms with Gasteiger partial charge in [0.15, 0.2) is 0 Å². The number of carbonyl (C=O) groups excluding carboxylic acids is 1. The van der Waals surface area contributed by atoms with Crippen molar-refractivity contribution in [1.29, 1.82) is 0 Å². The van der Waals surface area contributed by atoms with Crippen LogP contribution in [0.5, 0.6) is 0 Å². The monoisotopic (exact) mass is 186 g/mol. The number of amides is 1. The summed E-state index contributed by atoms with van der Waals surface area (Å²) in [6.45, 7) is 4.02. The van der Waals surface area contributed by atoms with Gasteiger partial charge >= 0.3 is 0 Å². The Kier molecular flexibility index (Phi) is 3.69. The first-order valence-corrected chi connectivity index (χ1v) is 4.67. The van der Waals surface area contributed by atoms with Gasteiger partial charge in [-0.3, -0.25) is 4.79 Å². The van der Waals surface area contributed by atoms with Crippen molar-refractivity contribution in [2.45, 2.75) is 25.3 Å². The molecule has 1 aliphatic heterocycles. The van der Waals surface area contributed by atoms with Crippen molar-refractivity contribution in [1.82, 2.24) is 10.6 Å². The molecule has 1 amide bonds. The van der Waals surface area contributed by atoms with E-state index in [-0.39, 0.29) is 18.1 Å². The van der Waals surface area contributed by atoms with Crippen LogP contribution in [0.4, 0.5) is 0 Å². The summed E-state index contributed by atoms with van der Waals surface area (Å²) in [5, 5.41) is 6.21. The molecule has 1 aliphatic rings. The van der Waals surface area contributed by atoms with Gasteiger partial charge in [0.2, 0.25) is 5.91 Å². The lowest BCUT2D eigenvalue weighted by molar-refractivity contribution is -0.125. The number of hydrogen-bond donors (Lipinski definition) is 2. The maximum absolute atomic E-state index is 11.1. The summed E-state index contributed by atoms with van der Waals surface area (Å²) in [7, 11) is 1.52. The summed E-state index contributed by atoms with van der Waals surface area (Å²) in [6, 6.07) is 0. The molecule has 1 heterocycles. The van der Waals surface area contributed by atoms with E-state index in [1.54, 1.807) is 0 Å². The third-order valence-electron chi connectivity index (χ3n) is 2.41. The first kappa shape index (κ1) is 10.5. The van der Waals surface area contributed by atoms with Crippen LogP contribution in [0, 0.1) is 0 Å². The fraction of sp³-hybridized carbons (Fsp3) is 0.889. The molecule has 0 saturated carbocycles. The Morgan fingerprint density at radius 3 is 3.00 bits per heavy atom. The Balaban J connectivity index is 2.21. The van der Waals surface area contributed by atoms with Gasteiger partial charge in [-0.2, -0.15) is 0 Å². The van der Waals surface area contributed by atoms with Crippen LogP contribution in [-0.4, -0.2) is 38.3 Å². The smallest absolute Gasteiger partial charge is 0.246 e. The highest BCUT2D eigenvalue weighted by Gasteiger charge is 2.27. The number of ether oxygens (including phenoxy) is 1. The molecule has 1 unspecified atom stereocenters. The topological polar surface area (TPSA) is 50.4 Å². The number of hydrogen-bond acceptors (Lipinski definition) is 3. The van der Waals surface area contributed by atoms with Crippen LogP contribution in [0.15, 0.2) is 0 Å². The third-order valence-corrected chi connectivity index (χ3v) is 2.41. The summed E-state index contributed by atoms with van der Waals surface area (Å²) in [5.41, 5.74) is 0.0867. The van der Waals surface area contributed by atoms with Gasteiger partial charge in [0.05, 0.1) is 0 Å². The quantitative estimate of drug-likeness (QED) is 0.644. The normalized spacial score (nSPS) is 27.5. The van der Waals surface area contributed by atoms with Gasteiger partial charge in [0, 0.05) is 19.2 Å². The zero-order valence-electron chi connectivity index (χ0n) is 8.35. The Morgan fingerprint density at radius 1 is 1.69 bits per heavy atom. The third kappa shape index (κ3) is 3.32. The van der Waals surface area contributed by atoms with Crippen molar-refractivity contribution in [2.75, 3.05) is 26.8 Å². The molecule has 0 spiro atoms. The zero-order chi connectivity index (χ0) is 9.73. The fourth-order valence-corrected chi connectivity index (χ4v) is 1.58. The van der Waals surface area contributed by atoms with E-state index in [0.717, 1.165) is 13.0 Å². The molecule has 0 aliphatic carbocycles. The van der Waals surface area contributed by atoms with Crippen LogP contribution in [0.25, 0.3) is 0 Å². The molecule has 4 heteroatoms. The Morgan fingerprint density at radius 2 is 2.46 bits per heavy atom. The predicted octanol–water partition coefficient (Wildman–Crippen LogP) is -0.109. The van der Waals surface area contributed by atoms with Crippen molar-refractivity contribution in [2.24, 2.45) is 0 Å². The molecule has 2 N–H and O–H groups in total. The van der Waals surface area contributed by atoms with E-state index in [2.05, 4.69) is 17.6 Å². The lowest BCUT2D eigenvalue weighted by atomic mass is 10.0. The SMILES string of the molecule is COCC(=O)NCC1(C)CCCN1. The van der Waals surface area contributed by atoms with Crippen molar-refractivity contribution in [3.8, 4) is 0 Å². The lowest BCUT2D eigenvalue weighted by Gasteiger charge is -2.24. The summed E-state index contributed by atoms with van der Waals surface area (Å²) >= 11 is 0. The average Bonchev–Trinajstić information content (AvgIpc) is 2.51. The van der Waals surface area contributed by atoms with E-state index in [1.807, 2.05) is 0 Å². The second kappa shape index (κ2) is 4.58. The van der Waals surface area contributed by atoms with Gasteiger partial charge in [-0.25, -0.2) is 0 Å². The molecule has 0 bridgehead atoms. The summed E-state index contributed by atoms with van der Waals surface area (Å²) in [4.78, 5) is 11.1. The Labute approximate surface area is 79.0 Å². The highest BCUT2D eigenvalue weighted by Crippen LogP contribution is 2.16. The van der Waals surface area contributed by atoms with Crippen molar-refractivity contribution >= 4 is 5.91 Å².